The van der Waals surface area contributed by atoms with Gasteiger partial charge in [-0.1, -0.05) is 42.0 Å². The summed E-state index contributed by atoms with van der Waals surface area (Å²) in [7, 11) is 0. The fourth-order valence-corrected chi connectivity index (χ4v) is 2.55. The van der Waals surface area contributed by atoms with Gasteiger partial charge in [-0.05, 0) is 25.1 Å². The Morgan fingerprint density at radius 2 is 1.81 bits per heavy atom. The number of nitrogens with one attached hydrogen (secondary N) is 2. The second-order valence-corrected chi connectivity index (χ2v) is 5.81. The van der Waals surface area contributed by atoms with Gasteiger partial charge in [0.05, 0.1) is 0 Å². The smallest absolute Gasteiger partial charge is 0.312 e. The predicted octanol–water partition coefficient (Wildman–Crippen LogP) is 2.56. The molecule has 2 amide bonds. The van der Waals surface area contributed by atoms with Crippen molar-refractivity contribution in [3.8, 4) is 0 Å². The molecule has 0 unspecified atom stereocenters. The van der Waals surface area contributed by atoms with E-state index >= 15 is 0 Å². The largest absolute Gasteiger partial charge is 0.442 e. The van der Waals surface area contributed by atoms with Crippen LogP contribution in [0, 0.1) is 6.92 Å². The van der Waals surface area contributed by atoms with Gasteiger partial charge in [0.25, 0.3) is 11.8 Å². The van der Waals surface area contributed by atoms with E-state index in [1.165, 1.54) is 30.3 Å². The topological polar surface area (TPSA) is 70.6 Å². The first-order valence-electron chi connectivity index (χ1n) is 7.65. The van der Waals surface area contributed by atoms with Crippen LogP contribution in [0.15, 0.2) is 59.6 Å². The molecule has 3 rings (SSSR count). The highest BCUT2D eigenvalue weighted by atomic mass is 19.4. The molecule has 0 spiro atoms. The standard InChI is InChI=1S/C18H14F3N3O2/c1-11-6-5-9-13(10-11)14-22-16(26)17(23-14,18(19,20)21)24-15(25)12-7-3-2-4-8-12/h2-10H,1H3,(H,24,25)(H,22,23,26)/t17-/m1/s1. The SMILES string of the molecule is Cc1cccc(C2=N[C@](NC(=O)c3ccccc3)(C(F)(F)F)C(=O)N2)c1. The summed E-state index contributed by atoms with van der Waals surface area (Å²) in [6.07, 6.45) is -5.12. The first-order chi connectivity index (χ1) is 12.2. The van der Waals surface area contributed by atoms with Crippen LogP contribution in [0.3, 0.4) is 0 Å². The number of rotatable bonds is 3. The zero-order valence-corrected chi connectivity index (χ0v) is 13.6. The van der Waals surface area contributed by atoms with Crippen molar-refractivity contribution in [2.75, 3.05) is 0 Å². The van der Waals surface area contributed by atoms with Crippen LogP contribution in [0.2, 0.25) is 0 Å². The van der Waals surface area contributed by atoms with Crippen molar-refractivity contribution in [2.45, 2.75) is 18.8 Å². The summed E-state index contributed by atoms with van der Waals surface area (Å²) in [4.78, 5) is 28.0. The lowest BCUT2D eigenvalue weighted by atomic mass is 10.1. The number of carbonyl (C=O) groups is 2. The number of hydrogen-bond acceptors (Lipinski definition) is 3. The molecular weight excluding hydrogens is 347 g/mol. The Morgan fingerprint density at radius 1 is 1.12 bits per heavy atom. The van der Waals surface area contributed by atoms with E-state index in [9.17, 15) is 22.8 Å². The van der Waals surface area contributed by atoms with Gasteiger partial charge in [-0.25, -0.2) is 4.99 Å². The van der Waals surface area contributed by atoms with Crippen LogP contribution < -0.4 is 10.6 Å². The molecule has 134 valence electrons. The van der Waals surface area contributed by atoms with Gasteiger partial charge in [-0.15, -0.1) is 0 Å². The van der Waals surface area contributed by atoms with Gasteiger partial charge in [0, 0.05) is 11.1 Å². The highest BCUT2D eigenvalue weighted by Crippen LogP contribution is 2.35. The second-order valence-electron chi connectivity index (χ2n) is 5.81. The third-order valence-electron chi connectivity index (χ3n) is 3.87. The molecule has 0 fully saturated rings. The van der Waals surface area contributed by atoms with Crippen molar-refractivity contribution < 1.29 is 22.8 Å². The van der Waals surface area contributed by atoms with E-state index in [1.54, 1.807) is 36.5 Å². The number of nitrogens with zero attached hydrogens (tertiary/aromatic N) is 1. The number of aliphatic imine (C=N–C) groups is 1. The fourth-order valence-electron chi connectivity index (χ4n) is 2.55. The Balaban J connectivity index is 2.02. The Kier molecular flexibility index (Phi) is 4.27. The van der Waals surface area contributed by atoms with E-state index in [0.717, 1.165) is 5.56 Å². The molecule has 0 radical (unpaired) electrons. The first-order valence-corrected chi connectivity index (χ1v) is 7.65. The average Bonchev–Trinajstić information content (AvgIpc) is 2.93. The lowest BCUT2D eigenvalue weighted by molar-refractivity contribution is -0.192. The van der Waals surface area contributed by atoms with E-state index < -0.39 is 23.7 Å². The fraction of sp³-hybridized carbons (Fsp3) is 0.167. The Bertz CT molecular complexity index is 894. The van der Waals surface area contributed by atoms with Crippen molar-refractivity contribution in [3.63, 3.8) is 0 Å². The number of halogens is 3. The first kappa shape index (κ1) is 17.7. The minimum absolute atomic E-state index is 0.0110. The minimum atomic E-state index is -5.12. The number of amidine groups is 1. The van der Waals surface area contributed by atoms with Gasteiger partial charge in [0.15, 0.2) is 0 Å². The molecule has 2 N–H and O–H groups in total. The van der Waals surface area contributed by atoms with Crippen molar-refractivity contribution in [1.29, 1.82) is 0 Å². The molecule has 0 aromatic heterocycles. The summed E-state index contributed by atoms with van der Waals surface area (Å²) < 4.78 is 41.2. The van der Waals surface area contributed by atoms with E-state index in [1.807, 2.05) is 0 Å². The molecule has 1 aliphatic rings. The molecule has 8 heteroatoms. The number of alkyl halides is 3. The zero-order chi connectivity index (χ0) is 18.9. The lowest BCUT2D eigenvalue weighted by Crippen LogP contribution is -2.63. The Morgan fingerprint density at radius 3 is 2.42 bits per heavy atom. The Hall–Kier alpha value is -3.16. The number of carbonyl (C=O) groups excluding carboxylic acids is 2. The van der Waals surface area contributed by atoms with Crippen LogP contribution in [0.5, 0.6) is 0 Å². The summed E-state index contributed by atoms with van der Waals surface area (Å²) in [5.74, 6) is -2.75. The number of aryl methyl sites for hydroxylation is 1. The maximum atomic E-state index is 13.7. The summed E-state index contributed by atoms with van der Waals surface area (Å²) in [6.45, 7) is 1.76. The molecule has 26 heavy (non-hydrogen) atoms. The highest BCUT2D eigenvalue weighted by Gasteiger charge is 2.65. The van der Waals surface area contributed by atoms with Crippen LogP contribution >= 0.6 is 0 Å². The number of amides is 2. The van der Waals surface area contributed by atoms with Crippen LogP contribution in [0.25, 0.3) is 0 Å². The molecule has 0 aliphatic carbocycles. The minimum Gasteiger partial charge on any atom is -0.312 e. The van der Waals surface area contributed by atoms with E-state index in [-0.39, 0.29) is 11.4 Å². The average molecular weight is 361 g/mol. The van der Waals surface area contributed by atoms with Crippen molar-refractivity contribution in [3.05, 3.63) is 71.3 Å². The molecule has 1 atom stereocenters. The zero-order valence-electron chi connectivity index (χ0n) is 13.6. The third-order valence-corrected chi connectivity index (χ3v) is 3.87. The molecular formula is C18H14F3N3O2. The van der Waals surface area contributed by atoms with Crippen molar-refractivity contribution >= 4 is 17.6 Å². The van der Waals surface area contributed by atoms with E-state index in [0.29, 0.717) is 5.56 Å². The molecule has 1 aliphatic heterocycles. The summed E-state index contributed by atoms with van der Waals surface area (Å²) >= 11 is 0. The van der Waals surface area contributed by atoms with Crippen molar-refractivity contribution in [2.24, 2.45) is 4.99 Å². The molecule has 0 saturated carbocycles. The molecule has 0 bridgehead atoms. The van der Waals surface area contributed by atoms with Gasteiger partial charge >= 0.3 is 11.8 Å². The maximum absolute atomic E-state index is 13.7. The quantitative estimate of drug-likeness (QED) is 0.882. The second kappa shape index (κ2) is 6.29. The van der Waals surface area contributed by atoms with Crippen LogP contribution in [0.1, 0.15) is 21.5 Å². The number of benzene rings is 2. The Labute approximate surface area is 146 Å². The van der Waals surface area contributed by atoms with Gasteiger partial charge in [0.1, 0.15) is 5.84 Å². The normalized spacial score (nSPS) is 19.7. The maximum Gasteiger partial charge on any atom is 0.442 e. The van der Waals surface area contributed by atoms with E-state index in [2.05, 4.69) is 10.3 Å². The van der Waals surface area contributed by atoms with Crippen LogP contribution in [-0.4, -0.2) is 29.5 Å². The monoisotopic (exact) mass is 361 g/mol. The molecule has 2 aromatic carbocycles. The molecule has 0 saturated heterocycles. The number of hydrogen-bond donors (Lipinski definition) is 2. The van der Waals surface area contributed by atoms with Crippen molar-refractivity contribution in [1.82, 2.24) is 10.6 Å². The molecule has 1 heterocycles. The van der Waals surface area contributed by atoms with Gasteiger partial charge in [0.2, 0.25) is 0 Å². The van der Waals surface area contributed by atoms with E-state index in [4.69, 9.17) is 0 Å². The van der Waals surface area contributed by atoms with Crippen LogP contribution in [0.4, 0.5) is 13.2 Å². The summed E-state index contributed by atoms with van der Waals surface area (Å²) in [5, 5.41) is 3.88. The van der Waals surface area contributed by atoms with Gasteiger partial charge < -0.3 is 10.6 Å². The molecule has 5 nitrogen and oxygen atoms in total. The van der Waals surface area contributed by atoms with Gasteiger partial charge in [-0.2, -0.15) is 13.2 Å². The van der Waals surface area contributed by atoms with Gasteiger partial charge in [-0.3, -0.25) is 9.59 Å². The predicted molar refractivity (Wildman–Crippen MR) is 88.6 cm³/mol. The summed E-state index contributed by atoms with van der Waals surface area (Å²) in [6, 6.07) is 13.8. The third kappa shape index (κ3) is 3.05. The molecule has 2 aromatic rings. The van der Waals surface area contributed by atoms with Crippen LogP contribution in [-0.2, 0) is 4.79 Å². The summed E-state index contributed by atoms with van der Waals surface area (Å²) in [5.41, 5.74) is -2.28. The lowest BCUT2D eigenvalue weighted by Gasteiger charge is -2.27. The highest BCUT2D eigenvalue weighted by molar-refractivity contribution is 6.16.